The molecule has 0 atom stereocenters. The number of carbonyl (C=O) groups is 2. The molecule has 0 spiro atoms. The van der Waals surface area contributed by atoms with E-state index in [9.17, 15) is 9.59 Å². The van der Waals surface area contributed by atoms with Crippen LogP contribution in [0.4, 0.5) is 0 Å². The smallest absolute Gasteiger partial charge is 0.341 e. The quantitative estimate of drug-likeness (QED) is 0.628. The molecule has 0 radical (unpaired) electrons. The minimum atomic E-state index is -1.06. The maximum Gasteiger partial charge on any atom is 0.341 e. The molecule has 23 heavy (non-hydrogen) atoms. The highest BCUT2D eigenvalue weighted by Crippen LogP contribution is 2.12. The summed E-state index contributed by atoms with van der Waals surface area (Å²) in [4.78, 5) is 22.3. The zero-order valence-corrected chi connectivity index (χ0v) is 12.7. The number of aliphatic carboxylic acids is 1. The molecule has 0 heterocycles. The largest absolute Gasteiger partial charge is 0.482 e. The maximum absolute atomic E-state index is 11.9. The van der Waals surface area contributed by atoms with Gasteiger partial charge in [0.15, 0.2) is 6.61 Å². The van der Waals surface area contributed by atoms with Crippen LogP contribution in [0, 0.1) is 0 Å². The number of carboxylic acids is 1. The van der Waals surface area contributed by atoms with E-state index in [1.807, 2.05) is 0 Å². The Kier molecular flexibility index (Phi) is 5.71. The van der Waals surface area contributed by atoms with E-state index < -0.39 is 12.6 Å². The van der Waals surface area contributed by atoms with Crippen LogP contribution < -0.4 is 10.2 Å². The highest BCUT2D eigenvalue weighted by Gasteiger charge is 2.04. The lowest BCUT2D eigenvalue weighted by Crippen LogP contribution is -2.17. The molecule has 0 aliphatic carbocycles. The lowest BCUT2D eigenvalue weighted by atomic mass is 10.2. The van der Waals surface area contributed by atoms with Gasteiger partial charge in [-0.3, -0.25) is 4.79 Å². The Morgan fingerprint density at radius 1 is 1.22 bits per heavy atom. The summed E-state index contributed by atoms with van der Waals surface area (Å²) < 4.78 is 5.05. The van der Waals surface area contributed by atoms with Crippen LogP contribution in [0.3, 0.4) is 0 Å². The van der Waals surface area contributed by atoms with Gasteiger partial charge in [0.2, 0.25) is 0 Å². The molecule has 0 saturated heterocycles. The number of nitrogens with zero attached hydrogens (tertiary/aromatic N) is 1. The lowest BCUT2D eigenvalue weighted by molar-refractivity contribution is -0.139. The van der Waals surface area contributed by atoms with E-state index >= 15 is 0 Å². The van der Waals surface area contributed by atoms with Gasteiger partial charge in [0.25, 0.3) is 5.91 Å². The Balaban J connectivity index is 1.96. The molecule has 0 bridgehead atoms. The summed E-state index contributed by atoms with van der Waals surface area (Å²) in [6.07, 6.45) is 1.43. The van der Waals surface area contributed by atoms with E-state index in [1.165, 1.54) is 12.3 Å². The van der Waals surface area contributed by atoms with Gasteiger partial charge in [-0.05, 0) is 35.9 Å². The maximum atomic E-state index is 11.9. The molecular formula is C16H13ClN2O4. The minimum Gasteiger partial charge on any atom is -0.482 e. The van der Waals surface area contributed by atoms with Crippen molar-refractivity contribution < 1.29 is 19.4 Å². The van der Waals surface area contributed by atoms with Crippen LogP contribution in [0.25, 0.3) is 0 Å². The summed E-state index contributed by atoms with van der Waals surface area (Å²) >= 11 is 5.81. The van der Waals surface area contributed by atoms with Crippen molar-refractivity contribution in [1.82, 2.24) is 5.43 Å². The van der Waals surface area contributed by atoms with Crippen molar-refractivity contribution in [3.05, 3.63) is 64.7 Å². The minimum absolute atomic E-state index is 0.387. The zero-order valence-electron chi connectivity index (χ0n) is 11.9. The summed E-state index contributed by atoms with van der Waals surface area (Å²) in [5.41, 5.74) is 3.43. The molecular weight excluding hydrogens is 320 g/mol. The van der Waals surface area contributed by atoms with Gasteiger partial charge < -0.3 is 9.84 Å². The number of nitrogens with one attached hydrogen (secondary N) is 1. The van der Waals surface area contributed by atoms with E-state index in [-0.39, 0.29) is 5.91 Å². The van der Waals surface area contributed by atoms with E-state index in [0.717, 1.165) is 0 Å². The van der Waals surface area contributed by atoms with Crippen LogP contribution in [0.5, 0.6) is 5.75 Å². The number of benzene rings is 2. The van der Waals surface area contributed by atoms with Crippen molar-refractivity contribution in [2.24, 2.45) is 5.10 Å². The van der Waals surface area contributed by atoms with Crippen molar-refractivity contribution in [2.75, 3.05) is 6.61 Å². The molecule has 118 valence electrons. The van der Waals surface area contributed by atoms with Gasteiger partial charge in [-0.25, -0.2) is 10.2 Å². The first-order valence-corrected chi connectivity index (χ1v) is 6.96. The Labute approximate surface area is 137 Å². The molecule has 2 aromatic rings. The van der Waals surface area contributed by atoms with Gasteiger partial charge in [-0.15, -0.1) is 0 Å². The summed E-state index contributed by atoms with van der Waals surface area (Å²) in [7, 11) is 0. The standard InChI is InChI=1S/C16H13ClN2O4/c17-13-5-2-4-12(8-13)16(22)19-18-9-11-3-1-6-14(7-11)23-10-15(20)21/h1-9H,10H2,(H,19,22)(H,20,21)/b18-9+. The number of rotatable bonds is 6. The summed E-state index contributed by atoms with van der Waals surface area (Å²) in [5, 5.41) is 12.9. The Hall–Kier alpha value is -2.86. The first-order chi connectivity index (χ1) is 11.0. The molecule has 0 fully saturated rings. The van der Waals surface area contributed by atoms with E-state index in [2.05, 4.69) is 10.5 Å². The Morgan fingerprint density at radius 2 is 2.00 bits per heavy atom. The molecule has 7 heteroatoms. The van der Waals surface area contributed by atoms with Gasteiger partial charge in [-0.2, -0.15) is 5.10 Å². The predicted octanol–water partition coefficient (Wildman–Crippen LogP) is 2.57. The van der Waals surface area contributed by atoms with Crippen LogP contribution in [-0.2, 0) is 4.79 Å². The second-order valence-electron chi connectivity index (χ2n) is 4.46. The van der Waals surface area contributed by atoms with Crippen molar-refractivity contribution in [1.29, 1.82) is 0 Å². The van der Waals surface area contributed by atoms with Crippen LogP contribution >= 0.6 is 11.6 Å². The van der Waals surface area contributed by atoms with Crippen molar-refractivity contribution in [2.45, 2.75) is 0 Å². The SMILES string of the molecule is O=C(O)COc1cccc(/C=N/NC(=O)c2cccc(Cl)c2)c1. The van der Waals surface area contributed by atoms with Crippen LogP contribution in [-0.4, -0.2) is 29.8 Å². The number of carbonyl (C=O) groups excluding carboxylic acids is 1. The second-order valence-corrected chi connectivity index (χ2v) is 4.90. The average molecular weight is 333 g/mol. The topological polar surface area (TPSA) is 88.0 Å². The first-order valence-electron chi connectivity index (χ1n) is 6.58. The normalized spacial score (nSPS) is 10.5. The third-order valence-corrected chi connectivity index (χ3v) is 2.92. The first kappa shape index (κ1) is 16.5. The van der Waals surface area contributed by atoms with Gasteiger partial charge in [0, 0.05) is 10.6 Å². The van der Waals surface area contributed by atoms with E-state index in [4.69, 9.17) is 21.4 Å². The number of hydrogen-bond acceptors (Lipinski definition) is 4. The van der Waals surface area contributed by atoms with Crippen molar-refractivity contribution in [3.8, 4) is 5.75 Å². The third-order valence-electron chi connectivity index (χ3n) is 2.69. The number of amides is 1. The number of halogens is 1. The molecule has 0 saturated carbocycles. The molecule has 0 unspecified atom stereocenters. The van der Waals surface area contributed by atoms with Gasteiger partial charge in [0.1, 0.15) is 5.75 Å². The fraction of sp³-hybridized carbons (Fsp3) is 0.0625. The zero-order chi connectivity index (χ0) is 16.7. The van der Waals surface area contributed by atoms with Crippen LogP contribution in [0.15, 0.2) is 53.6 Å². The van der Waals surface area contributed by atoms with Gasteiger partial charge in [0.05, 0.1) is 6.21 Å². The summed E-state index contributed by atoms with van der Waals surface area (Å²) in [6.45, 7) is -0.425. The van der Waals surface area contributed by atoms with Gasteiger partial charge >= 0.3 is 5.97 Å². The third kappa shape index (κ3) is 5.44. The van der Waals surface area contributed by atoms with Gasteiger partial charge in [-0.1, -0.05) is 29.8 Å². The number of ether oxygens (including phenoxy) is 1. The molecule has 0 aliphatic heterocycles. The Morgan fingerprint density at radius 3 is 2.74 bits per heavy atom. The molecule has 2 N–H and O–H groups in total. The molecule has 6 nitrogen and oxygen atoms in total. The fourth-order valence-electron chi connectivity index (χ4n) is 1.69. The highest BCUT2D eigenvalue weighted by molar-refractivity contribution is 6.30. The second kappa shape index (κ2) is 7.95. The van der Waals surface area contributed by atoms with E-state index in [1.54, 1.807) is 42.5 Å². The van der Waals surface area contributed by atoms with Crippen LogP contribution in [0.2, 0.25) is 5.02 Å². The Bertz CT molecular complexity index is 746. The molecule has 2 aromatic carbocycles. The summed E-state index contributed by atoms with van der Waals surface area (Å²) in [5.74, 6) is -1.04. The number of hydrogen-bond donors (Lipinski definition) is 2. The number of carboxylic acid groups (broad SMARTS) is 1. The predicted molar refractivity (Wildman–Crippen MR) is 86.1 cm³/mol. The molecule has 1 amide bonds. The highest BCUT2D eigenvalue weighted by atomic mass is 35.5. The monoisotopic (exact) mass is 332 g/mol. The average Bonchev–Trinajstić information content (AvgIpc) is 2.53. The van der Waals surface area contributed by atoms with Crippen molar-refractivity contribution in [3.63, 3.8) is 0 Å². The summed E-state index contributed by atoms with van der Waals surface area (Å²) in [6, 6.07) is 13.2. The molecule has 0 aromatic heterocycles. The fourth-order valence-corrected chi connectivity index (χ4v) is 1.88. The van der Waals surface area contributed by atoms with Crippen molar-refractivity contribution >= 4 is 29.7 Å². The van der Waals surface area contributed by atoms with Crippen LogP contribution in [0.1, 0.15) is 15.9 Å². The number of hydrazone groups is 1. The molecule has 0 aliphatic rings. The molecule has 2 rings (SSSR count). The van der Waals surface area contributed by atoms with E-state index in [0.29, 0.717) is 21.9 Å². The lowest BCUT2D eigenvalue weighted by Gasteiger charge is -2.03.